The summed E-state index contributed by atoms with van der Waals surface area (Å²) >= 11 is 0. The summed E-state index contributed by atoms with van der Waals surface area (Å²) in [6.07, 6.45) is 0. The molecule has 0 fully saturated rings. The summed E-state index contributed by atoms with van der Waals surface area (Å²) < 4.78 is 6.63. The third-order valence-corrected chi connectivity index (χ3v) is 7.54. The fourth-order valence-corrected chi connectivity index (χ4v) is 5.77. The van der Waals surface area contributed by atoms with Crippen LogP contribution in [0, 0.1) is 0 Å². The standard InChI is InChI=1S/C29H33N3O2/c1-6-31(7-2)20-14-16-24-26(18-20)34-27-19-21(32(8-3)9-4)15-17-25(27)29(24)23-13-11-10-12-22(23)28(33)30(29)5/h10-19H,6-9H2,1-5H3. The van der Waals surface area contributed by atoms with Crippen molar-refractivity contribution in [3.05, 3.63) is 82.9 Å². The highest BCUT2D eigenvalue weighted by molar-refractivity contribution is 6.02. The van der Waals surface area contributed by atoms with Gasteiger partial charge in [-0.3, -0.25) is 4.79 Å². The van der Waals surface area contributed by atoms with E-state index in [1.54, 1.807) is 0 Å². The molecular formula is C29H33N3O2. The summed E-state index contributed by atoms with van der Waals surface area (Å²) in [4.78, 5) is 20.0. The minimum absolute atomic E-state index is 0.0371. The van der Waals surface area contributed by atoms with E-state index in [4.69, 9.17) is 4.74 Å². The van der Waals surface area contributed by atoms with Crippen LogP contribution in [0.25, 0.3) is 0 Å². The minimum Gasteiger partial charge on any atom is -0.456 e. The Balaban J connectivity index is 1.80. The van der Waals surface area contributed by atoms with Crippen LogP contribution in [-0.4, -0.2) is 44.0 Å². The summed E-state index contributed by atoms with van der Waals surface area (Å²) in [6.45, 7) is 12.3. The quantitative estimate of drug-likeness (QED) is 0.466. The molecule has 5 heteroatoms. The number of carbonyl (C=O) groups excluding carboxylic acids is 1. The average molecular weight is 456 g/mol. The van der Waals surface area contributed by atoms with Gasteiger partial charge in [-0.1, -0.05) is 30.3 Å². The topological polar surface area (TPSA) is 36.0 Å². The van der Waals surface area contributed by atoms with Gasteiger partial charge in [0.25, 0.3) is 5.91 Å². The van der Waals surface area contributed by atoms with E-state index in [1.165, 1.54) is 0 Å². The summed E-state index contributed by atoms with van der Waals surface area (Å²) in [5.74, 6) is 1.66. The number of rotatable bonds is 6. The highest BCUT2D eigenvalue weighted by atomic mass is 16.5. The lowest BCUT2D eigenvalue weighted by Gasteiger charge is -2.43. The largest absolute Gasteiger partial charge is 0.456 e. The average Bonchev–Trinajstić information content (AvgIpc) is 3.08. The first-order valence-corrected chi connectivity index (χ1v) is 12.4. The van der Waals surface area contributed by atoms with Crippen molar-refractivity contribution in [1.82, 2.24) is 4.90 Å². The Morgan fingerprint density at radius 2 is 1.24 bits per heavy atom. The first kappa shape index (κ1) is 22.3. The fraction of sp³-hybridized carbons (Fsp3) is 0.345. The number of nitrogens with zero attached hydrogens (tertiary/aromatic N) is 3. The second-order valence-corrected chi connectivity index (χ2v) is 8.93. The van der Waals surface area contributed by atoms with Crippen LogP contribution in [0.1, 0.15) is 54.7 Å². The van der Waals surface area contributed by atoms with Crippen molar-refractivity contribution in [3.8, 4) is 11.5 Å². The normalized spacial score (nSPS) is 15.0. The van der Waals surface area contributed by atoms with Gasteiger partial charge in [0.2, 0.25) is 0 Å². The number of benzene rings is 3. The molecule has 2 aliphatic heterocycles. The summed E-state index contributed by atoms with van der Waals surface area (Å²) in [5, 5.41) is 0. The Kier molecular flexibility index (Phi) is 5.51. The van der Waals surface area contributed by atoms with E-state index in [0.29, 0.717) is 0 Å². The lowest BCUT2D eigenvalue weighted by Crippen LogP contribution is -2.45. The van der Waals surface area contributed by atoms with E-state index < -0.39 is 5.54 Å². The molecule has 34 heavy (non-hydrogen) atoms. The van der Waals surface area contributed by atoms with Gasteiger partial charge < -0.3 is 19.4 Å². The molecule has 0 saturated carbocycles. The third kappa shape index (κ3) is 2.96. The zero-order chi connectivity index (χ0) is 24.0. The molecule has 176 valence electrons. The number of ether oxygens (including phenoxy) is 1. The lowest BCUT2D eigenvalue weighted by molar-refractivity contribution is 0.0727. The Bertz CT molecular complexity index is 1180. The highest BCUT2D eigenvalue weighted by Gasteiger charge is 2.54. The van der Waals surface area contributed by atoms with Crippen molar-refractivity contribution >= 4 is 17.3 Å². The second kappa shape index (κ2) is 8.39. The molecule has 0 aromatic heterocycles. The zero-order valence-corrected chi connectivity index (χ0v) is 20.8. The van der Waals surface area contributed by atoms with Crippen LogP contribution in [0.2, 0.25) is 0 Å². The van der Waals surface area contributed by atoms with Crippen LogP contribution in [0.4, 0.5) is 11.4 Å². The molecule has 1 amide bonds. The van der Waals surface area contributed by atoms with Crippen LogP contribution in [0.5, 0.6) is 11.5 Å². The maximum atomic E-state index is 13.5. The highest BCUT2D eigenvalue weighted by Crippen LogP contribution is 2.57. The second-order valence-electron chi connectivity index (χ2n) is 8.93. The molecule has 2 heterocycles. The van der Waals surface area contributed by atoms with Crippen LogP contribution in [-0.2, 0) is 5.54 Å². The summed E-state index contributed by atoms with van der Waals surface area (Å²) in [7, 11) is 1.91. The van der Waals surface area contributed by atoms with Gasteiger partial charge in [-0.15, -0.1) is 0 Å². The van der Waals surface area contributed by atoms with Gasteiger partial charge in [0, 0.05) is 73.4 Å². The SMILES string of the molecule is CCN(CC)c1ccc2c(c1)Oc1cc(N(CC)CC)ccc1C21c2ccccc2C(=O)N1C. The molecule has 0 N–H and O–H groups in total. The summed E-state index contributed by atoms with van der Waals surface area (Å²) in [5.41, 5.74) is 5.31. The Hall–Kier alpha value is -3.47. The van der Waals surface area contributed by atoms with E-state index >= 15 is 0 Å². The molecule has 0 unspecified atom stereocenters. The van der Waals surface area contributed by atoms with Gasteiger partial charge in [-0.05, 0) is 51.5 Å². The Labute approximate surface area is 202 Å². The number of anilines is 2. The van der Waals surface area contributed by atoms with Crippen molar-refractivity contribution in [2.45, 2.75) is 33.2 Å². The van der Waals surface area contributed by atoms with E-state index in [-0.39, 0.29) is 5.91 Å². The van der Waals surface area contributed by atoms with Crippen LogP contribution in [0.3, 0.4) is 0 Å². The fourth-order valence-electron chi connectivity index (χ4n) is 5.77. The minimum atomic E-state index is -0.722. The molecule has 2 aliphatic rings. The van der Waals surface area contributed by atoms with Gasteiger partial charge in [0.15, 0.2) is 0 Å². The maximum absolute atomic E-state index is 13.5. The number of hydrogen-bond acceptors (Lipinski definition) is 4. The van der Waals surface area contributed by atoms with Gasteiger partial charge >= 0.3 is 0 Å². The molecule has 0 aliphatic carbocycles. The van der Waals surface area contributed by atoms with E-state index in [9.17, 15) is 4.79 Å². The van der Waals surface area contributed by atoms with E-state index in [2.05, 4.69) is 80.0 Å². The van der Waals surface area contributed by atoms with Crippen molar-refractivity contribution in [3.63, 3.8) is 0 Å². The first-order valence-electron chi connectivity index (χ1n) is 12.4. The zero-order valence-electron chi connectivity index (χ0n) is 20.8. The number of fused-ring (bicyclic) bond motifs is 6. The molecule has 0 saturated heterocycles. The van der Waals surface area contributed by atoms with E-state index in [0.717, 1.165) is 71.3 Å². The molecule has 5 nitrogen and oxygen atoms in total. The molecule has 1 spiro atoms. The smallest absolute Gasteiger partial charge is 0.255 e. The van der Waals surface area contributed by atoms with Crippen LogP contribution in [0.15, 0.2) is 60.7 Å². The molecule has 0 bridgehead atoms. The Morgan fingerprint density at radius 3 is 1.74 bits per heavy atom. The predicted octanol–water partition coefficient (Wildman–Crippen LogP) is 5.86. The van der Waals surface area contributed by atoms with Crippen molar-refractivity contribution in [2.75, 3.05) is 43.0 Å². The molecule has 0 atom stereocenters. The molecule has 0 radical (unpaired) electrons. The van der Waals surface area contributed by atoms with E-state index in [1.807, 2.05) is 30.1 Å². The van der Waals surface area contributed by atoms with Crippen LogP contribution < -0.4 is 14.5 Å². The first-order chi connectivity index (χ1) is 16.5. The number of amides is 1. The number of carbonyl (C=O) groups is 1. The molecule has 3 aromatic rings. The van der Waals surface area contributed by atoms with Gasteiger partial charge in [-0.25, -0.2) is 0 Å². The molecule has 5 rings (SSSR count). The maximum Gasteiger partial charge on any atom is 0.255 e. The lowest BCUT2D eigenvalue weighted by atomic mass is 9.75. The van der Waals surface area contributed by atoms with Crippen molar-refractivity contribution in [1.29, 1.82) is 0 Å². The monoisotopic (exact) mass is 455 g/mol. The van der Waals surface area contributed by atoms with Gasteiger partial charge in [0.05, 0.1) is 0 Å². The molecular weight excluding hydrogens is 422 g/mol. The Morgan fingerprint density at radius 1 is 0.735 bits per heavy atom. The van der Waals surface area contributed by atoms with Gasteiger partial charge in [-0.2, -0.15) is 0 Å². The summed E-state index contributed by atoms with van der Waals surface area (Å²) in [6, 6.07) is 20.9. The predicted molar refractivity (Wildman–Crippen MR) is 138 cm³/mol. The third-order valence-electron chi connectivity index (χ3n) is 7.54. The van der Waals surface area contributed by atoms with Crippen molar-refractivity contribution < 1.29 is 9.53 Å². The van der Waals surface area contributed by atoms with Crippen LogP contribution >= 0.6 is 0 Å². The number of hydrogen-bond donors (Lipinski definition) is 0. The van der Waals surface area contributed by atoms with Gasteiger partial charge in [0.1, 0.15) is 17.0 Å². The molecule has 3 aromatic carbocycles. The van der Waals surface area contributed by atoms with Crippen molar-refractivity contribution in [2.24, 2.45) is 0 Å².